The topological polar surface area (TPSA) is 12.0 Å². The van der Waals surface area contributed by atoms with E-state index in [9.17, 15) is 0 Å². The summed E-state index contributed by atoms with van der Waals surface area (Å²) in [4.78, 5) is 0. The predicted octanol–water partition coefficient (Wildman–Crippen LogP) is 2.76. The van der Waals surface area contributed by atoms with Gasteiger partial charge in [0.05, 0.1) is 0 Å². The van der Waals surface area contributed by atoms with Gasteiger partial charge in [-0.25, -0.2) is 0 Å². The first-order valence-corrected chi connectivity index (χ1v) is 6.32. The Hall–Kier alpha value is 0.310. The van der Waals surface area contributed by atoms with E-state index in [4.69, 9.17) is 0 Å². The van der Waals surface area contributed by atoms with Crippen LogP contribution < -0.4 is 5.32 Å². The lowest BCUT2D eigenvalue weighted by Crippen LogP contribution is -2.30. The van der Waals surface area contributed by atoms with Gasteiger partial charge in [0, 0.05) is 6.04 Å². The van der Waals surface area contributed by atoms with E-state index < -0.39 is 0 Å². The number of hydrogen-bond donors (Lipinski definition) is 1. The van der Waals surface area contributed by atoms with E-state index in [1.165, 1.54) is 25.1 Å². The molecule has 0 saturated heterocycles. The maximum absolute atomic E-state index is 3.55. The minimum absolute atomic E-state index is 0.687. The molecule has 1 nitrogen and oxygen atoms in total. The van der Waals surface area contributed by atoms with Crippen molar-refractivity contribution in [2.24, 2.45) is 5.92 Å². The standard InChI is InChI=1S/C10H23NS/c1-5-9(2)8-11-10(3)6-7-12-4/h9-11H,5-8H2,1-4H3. The van der Waals surface area contributed by atoms with Crippen molar-refractivity contribution >= 4 is 11.8 Å². The normalized spacial score (nSPS) is 16.0. The van der Waals surface area contributed by atoms with Crippen molar-refractivity contribution in [2.75, 3.05) is 18.6 Å². The fourth-order valence-electron chi connectivity index (χ4n) is 0.943. The summed E-state index contributed by atoms with van der Waals surface area (Å²) in [5.74, 6) is 2.09. The summed E-state index contributed by atoms with van der Waals surface area (Å²) in [7, 11) is 0. The largest absolute Gasteiger partial charge is 0.314 e. The molecular weight excluding hydrogens is 166 g/mol. The molecule has 0 aliphatic rings. The van der Waals surface area contributed by atoms with Crippen LogP contribution in [0.2, 0.25) is 0 Å². The number of rotatable bonds is 7. The van der Waals surface area contributed by atoms with Crippen molar-refractivity contribution in [3.63, 3.8) is 0 Å². The second-order valence-corrected chi connectivity index (χ2v) is 4.59. The maximum atomic E-state index is 3.55. The highest BCUT2D eigenvalue weighted by atomic mass is 32.2. The quantitative estimate of drug-likeness (QED) is 0.661. The molecule has 12 heavy (non-hydrogen) atoms. The highest BCUT2D eigenvalue weighted by Crippen LogP contribution is 2.02. The second-order valence-electron chi connectivity index (χ2n) is 3.60. The third kappa shape index (κ3) is 6.99. The van der Waals surface area contributed by atoms with Crippen LogP contribution in [0.5, 0.6) is 0 Å². The molecule has 0 rings (SSSR count). The van der Waals surface area contributed by atoms with Crippen molar-refractivity contribution in [2.45, 2.75) is 39.7 Å². The van der Waals surface area contributed by atoms with Gasteiger partial charge in [0.2, 0.25) is 0 Å². The smallest absolute Gasteiger partial charge is 0.00466 e. The fourth-order valence-corrected chi connectivity index (χ4v) is 1.53. The van der Waals surface area contributed by atoms with E-state index in [1.807, 2.05) is 11.8 Å². The molecule has 0 radical (unpaired) electrons. The second kappa shape index (κ2) is 7.93. The van der Waals surface area contributed by atoms with Gasteiger partial charge in [0.25, 0.3) is 0 Å². The van der Waals surface area contributed by atoms with Crippen LogP contribution in [0.3, 0.4) is 0 Å². The Labute approximate surface area is 81.7 Å². The molecule has 0 amide bonds. The van der Waals surface area contributed by atoms with Crippen LogP contribution in [0.15, 0.2) is 0 Å². The van der Waals surface area contributed by atoms with Crippen molar-refractivity contribution < 1.29 is 0 Å². The zero-order valence-corrected chi connectivity index (χ0v) is 9.71. The van der Waals surface area contributed by atoms with Gasteiger partial charge >= 0.3 is 0 Å². The molecule has 0 saturated carbocycles. The summed E-state index contributed by atoms with van der Waals surface area (Å²) < 4.78 is 0. The van der Waals surface area contributed by atoms with Crippen LogP contribution in [0.25, 0.3) is 0 Å². The molecule has 1 N–H and O–H groups in total. The van der Waals surface area contributed by atoms with Crippen molar-refractivity contribution in [1.82, 2.24) is 5.32 Å². The van der Waals surface area contributed by atoms with Gasteiger partial charge in [-0.15, -0.1) is 0 Å². The van der Waals surface area contributed by atoms with Crippen LogP contribution >= 0.6 is 11.8 Å². The third-order valence-corrected chi connectivity index (χ3v) is 2.91. The summed E-state index contributed by atoms with van der Waals surface area (Å²) in [5.41, 5.74) is 0. The Morgan fingerprint density at radius 1 is 1.33 bits per heavy atom. The van der Waals surface area contributed by atoms with Gasteiger partial charge < -0.3 is 5.32 Å². The van der Waals surface area contributed by atoms with E-state index in [0.29, 0.717) is 6.04 Å². The van der Waals surface area contributed by atoms with Crippen LogP contribution in [-0.2, 0) is 0 Å². The Morgan fingerprint density at radius 2 is 2.00 bits per heavy atom. The van der Waals surface area contributed by atoms with Gasteiger partial charge in [-0.1, -0.05) is 20.3 Å². The first-order valence-electron chi connectivity index (χ1n) is 4.93. The van der Waals surface area contributed by atoms with Gasteiger partial charge in [0.1, 0.15) is 0 Å². The summed E-state index contributed by atoms with van der Waals surface area (Å²) in [6.07, 6.45) is 4.74. The molecular formula is C10H23NS. The average molecular weight is 189 g/mol. The zero-order chi connectivity index (χ0) is 9.40. The van der Waals surface area contributed by atoms with E-state index in [-0.39, 0.29) is 0 Å². The summed E-state index contributed by atoms with van der Waals surface area (Å²) >= 11 is 1.93. The van der Waals surface area contributed by atoms with Crippen molar-refractivity contribution in [3.8, 4) is 0 Å². The van der Waals surface area contributed by atoms with E-state index >= 15 is 0 Å². The molecule has 2 unspecified atom stereocenters. The molecule has 0 aliphatic heterocycles. The lowest BCUT2D eigenvalue weighted by atomic mass is 10.1. The van der Waals surface area contributed by atoms with Crippen LogP contribution in [0.1, 0.15) is 33.6 Å². The predicted molar refractivity (Wildman–Crippen MR) is 59.9 cm³/mol. The number of nitrogens with one attached hydrogen (secondary N) is 1. The Bertz CT molecular complexity index is 95.8. The molecule has 74 valence electrons. The first kappa shape index (κ1) is 12.3. The molecule has 0 aromatic rings. The highest BCUT2D eigenvalue weighted by Gasteiger charge is 2.02. The third-order valence-electron chi connectivity index (χ3n) is 2.27. The van der Waals surface area contributed by atoms with Crippen molar-refractivity contribution in [1.29, 1.82) is 0 Å². The van der Waals surface area contributed by atoms with Crippen LogP contribution in [0, 0.1) is 5.92 Å². The maximum Gasteiger partial charge on any atom is 0.00466 e. The average Bonchev–Trinajstić information content (AvgIpc) is 2.10. The molecule has 2 heteroatoms. The van der Waals surface area contributed by atoms with Crippen molar-refractivity contribution in [3.05, 3.63) is 0 Å². The Kier molecular flexibility index (Phi) is 8.14. The molecule has 0 heterocycles. The van der Waals surface area contributed by atoms with E-state index in [2.05, 4.69) is 32.3 Å². The number of hydrogen-bond acceptors (Lipinski definition) is 2. The van der Waals surface area contributed by atoms with E-state index in [0.717, 1.165) is 5.92 Å². The number of thioether (sulfide) groups is 1. The summed E-state index contributed by atoms with van der Waals surface area (Å²) in [6, 6.07) is 0.687. The SMILES string of the molecule is CCC(C)CNC(C)CCSC. The minimum atomic E-state index is 0.687. The minimum Gasteiger partial charge on any atom is -0.314 e. The van der Waals surface area contributed by atoms with Gasteiger partial charge in [-0.3, -0.25) is 0 Å². The van der Waals surface area contributed by atoms with Gasteiger partial charge in [0.15, 0.2) is 0 Å². The molecule has 2 atom stereocenters. The molecule has 0 fully saturated rings. The van der Waals surface area contributed by atoms with Crippen LogP contribution in [0.4, 0.5) is 0 Å². The van der Waals surface area contributed by atoms with Gasteiger partial charge in [-0.2, -0.15) is 11.8 Å². The summed E-state index contributed by atoms with van der Waals surface area (Å²) in [6.45, 7) is 8.00. The molecule has 0 spiro atoms. The monoisotopic (exact) mass is 189 g/mol. The lowest BCUT2D eigenvalue weighted by Gasteiger charge is -2.16. The molecule has 0 aromatic carbocycles. The zero-order valence-electron chi connectivity index (χ0n) is 8.89. The summed E-state index contributed by atoms with van der Waals surface area (Å²) in [5, 5.41) is 3.55. The highest BCUT2D eigenvalue weighted by molar-refractivity contribution is 7.98. The molecule has 0 bridgehead atoms. The lowest BCUT2D eigenvalue weighted by molar-refractivity contribution is 0.448. The Balaban J connectivity index is 3.24. The first-order chi connectivity index (χ1) is 5.70. The fraction of sp³-hybridized carbons (Fsp3) is 1.00. The molecule has 0 aromatic heterocycles. The Morgan fingerprint density at radius 3 is 2.50 bits per heavy atom. The van der Waals surface area contributed by atoms with Crippen LogP contribution in [-0.4, -0.2) is 24.6 Å². The molecule has 0 aliphatic carbocycles. The van der Waals surface area contributed by atoms with Gasteiger partial charge in [-0.05, 0) is 37.8 Å². The van der Waals surface area contributed by atoms with E-state index in [1.54, 1.807) is 0 Å².